The van der Waals surface area contributed by atoms with E-state index in [1.165, 1.54) is 0 Å². The topological polar surface area (TPSA) is 63.6 Å². The van der Waals surface area contributed by atoms with E-state index in [0.29, 0.717) is 0 Å². The summed E-state index contributed by atoms with van der Waals surface area (Å²) >= 11 is 0. The van der Waals surface area contributed by atoms with Gasteiger partial charge in [-0.15, -0.1) is 0 Å². The van der Waals surface area contributed by atoms with Crippen molar-refractivity contribution in [1.29, 1.82) is 0 Å². The van der Waals surface area contributed by atoms with Crippen LogP contribution in [0.4, 0.5) is 4.79 Å². The SMILES string of the molecule is CC(C)(C)OC(=O)[P+](=O)O. The normalized spacial score (nSPS) is 12.6. The van der Waals surface area contributed by atoms with Crippen molar-refractivity contribution in [2.75, 3.05) is 0 Å². The highest BCUT2D eigenvalue weighted by molar-refractivity contribution is 7.57. The van der Waals surface area contributed by atoms with E-state index in [0.717, 1.165) is 0 Å². The van der Waals surface area contributed by atoms with Gasteiger partial charge in [-0.3, -0.25) is 0 Å². The van der Waals surface area contributed by atoms with Crippen molar-refractivity contribution in [3.8, 4) is 0 Å². The summed E-state index contributed by atoms with van der Waals surface area (Å²) in [5, 5.41) is 0. The molecule has 0 aliphatic carbocycles. The Hall–Kier alpha value is -0.470. The second-order valence-corrected chi connectivity index (χ2v) is 3.66. The Kier molecular flexibility index (Phi) is 2.94. The first-order valence-electron chi connectivity index (χ1n) is 2.72. The van der Waals surface area contributed by atoms with Gasteiger partial charge in [-0.25, -0.2) is 0 Å². The predicted octanol–water partition coefficient (Wildman–Crippen LogP) is 1.66. The molecule has 10 heavy (non-hydrogen) atoms. The highest BCUT2D eigenvalue weighted by atomic mass is 31.1. The van der Waals surface area contributed by atoms with E-state index in [-0.39, 0.29) is 0 Å². The molecular weight excluding hydrogens is 155 g/mol. The Morgan fingerprint density at radius 3 is 2.00 bits per heavy atom. The molecular formula is C5H10O4P+. The lowest BCUT2D eigenvalue weighted by Crippen LogP contribution is -2.21. The molecule has 0 fully saturated rings. The van der Waals surface area contributed by atoms with Crippen LogP contribution in [0, 0.1) is 0 Å². The minimum Gasteiger partial charge on any atom is -0.420 e. The van der Waals surface area contributed by atoms with Gasteiger partial charge in [0.1, 0.15) is 5.60 Å². The summed E-state index contributed by atoms with van der Waals surface area (Å²) < 4.78 is 14.6. The molecule has 1 atom stereocenters. The fourth-order valence-electron chi connectivity index (χ4n) is 0.301. The summed E-state index contributed by atoms with van der Waals surface area (Å²) in [4.78, 5) is 18.6. The van der Waals surface area contributed by atoms with Gasteiger partial charge in [-0.1, -0.05) is 0 Å². The van der Waals surface area contributed by atoms with E-state index < -0.39 is 19.3 Å². The average Bonchev–Trinajstić information content (AvgIpc) is 1.60. The summed E-state index contributed by atoms with van der Waals surface area (Å²) in [7, 11) is -2.84. The van der Waals surface area contributed by atoms with Gasteiger partial charge in [0.05, 0.1) is 0 Å². The molecule has 1 unspecified atom stereocenters. The Labute approximate surface area is 60.1 Å². The van der Waals surface area contributed by atoms with Gasteiger partial charge < -0.3 is 4.74 Å². The van der Waals surface area contributed by atoms with Crippen molar-refractivity contribution >= 4 is 13.7 Å². The molecule has 0 saturated carbocycles. The molecule has 0 saturated heterocycles. The van der Waals surface area contributed by atoms with Gasteiger partial charge in [0, 0.05) is 0 Å². The zero-order valence-corrected chi connectivity index (χ0v) is 7.01. The third-order valence-electron chi connectivity index (χ3n) is 0.550. The summed E-state index contributed by atoms with van der Waals surface area (Å²) in [6.07, 6.45) is 0. The van der Waals surface area contributed by atoms with E-state index in [1.54, 1.807) is 20.8 Å². The first kappa shape index (κ1) is 9.53. The van der Waals surface area contributed by atoms with Gasteiger partial charge in [0.15, 0.2) is 0 Å². The minimum atomic E-state index is -2.84. The third kappa shape index (κ3) is 4.41. The monoisotopic (exact) mass is 165 g/mol. The van der Waals surface area contributed by atoms with E-state index >= 15 is 0 Å². The molecule has 0 bridgehead atoms. The van der Waals surface area contributed by atoms with Crippen LogP contribution in [0.5, 0.6) is 0 Å². The number of rotatable bonds is 1. The quantitative estimate of drug-likeness (QED) is 0.600. The Morgan fingerprint density at radius 2 is 1.90 bits per heavy atom. The molecule has 0 aromatic carbocycles. The van der Waals surface area contributed by atoms with Crippen LogP contribution in [0.25, 0.3) is 0 Å². The zero-order valence-electron chi connectivity index (χ0n) is 6.12. The molecule has 0 aromatic heterocycles. The van der Waals surface area contributed by atoms with Crippen LogP contribution in [0.3, 0.4) is 0 Å². The molecule has 58 valence electrons. The second kappa shape index (κ2) is 3.08. The molecule has 0 aliphatic rings. The van der Waals surface area contributed by atoms with Crippen molar-refractivity contribution in [1.82, 2.24) is 0 Å². The third-order valence-corrected chi connectivity index (χ3v) is 0.953. The van der Waals surface area contributed by atoms with Crippen LogP contribution in [0.15, 0.2) is 0 Å². The number of carbonyl (C=O) groups excluding carboxylic acids is 1. The lowest BCUT2D eigenvalue weighted by atomic mass is 10.2. The summed E-state index contributed by atoms with van der Waals surface area (Å²) in [5.41, 5.74) is -1.76. The van der Waals surface area contributed by atoms with Crippen LogP contribution in [0.1, 0.15) is 20.8 Å². The Balaban J connectivity index is 3.93. The molecule has 0 aromatic rings. The van der Waals surface area contributed by atoms with E-state index in [4.69, 9.17) is 4.89 Å². The van der Waals surface area contributed by atoms with Crippen molar-refractivity contribution in [3.63, 3.8) is 0 Å². The van der Waals surface area contributed by atoms with Gasteiger partial charge in [0.2, 0.25) is 0 Å². The molecule has 0 radical (unpaired) electrons. The van der Waals surface area contributed by atoms with Crippen molar-refractivity contribution < 1.29 is 19.0 Å². The number of ether oxygens (including phenoxy) is 1. The van der Waals surface area contributed by atoms with Gasteiger partial charge in [-0.2, -0.15) is 9.69 Å². The summed E-state index contributed by atoms with van der Waals surface area (Å²) in [6.45, 7) is 4.89. The molecule has 5 heteroatoms. The number of hydrogen-bond donors (Lipinski definition) is 1. The first-order chi connectivity index (χ1) is 4.33. The lowest BCUT2D eigenvalue weighted by Gasteiger charge is -2.14. The van der Waals surface area contributed by atoms with Crippen LogP contribution in [-0.4, -0.2) is 16.2 Å². The molecule has 0 spiro atoms. The van der Waals surface area contributed by atoms with E-state index in [1.807, 2.05) is 0 Å². The maximum atomic E-state index is 10.4. The number of hydrogen-bond acceptors (Lipinski definition) is 3. The molecule has 0 rings (SSSR count). The van der Waals surface area contributed by atoms with Gasteiger partial charge >= 0.3 is 13.7 Å². The first-order valence-corrected chi connectivity index (χ1v) is 3.93. The molecule has 4 nitrogen and oxygen atoms in total. The van der Waals surface area contributed by atoms with Gasteiger partial charge in [-0.05, 0) is 25.3 Å². The fourth-order valence-corrected chi connectivity index (χ4v) is 0.653. The Bertz CT molecular complexity index is 158. The maximum absolute atomic E-state index is 10.4. The van der Waals surface area contributed by atoms with Crippen molar-refractivity contribution in [3.05, 3.63) is 0 Å². The number of carbonyl (C=O) groups is 1. The van der Waals surface area contributed by atoms with Crippen LogP contribution < -0.4 is 0 Å². The molecule has 0 amide bonds. The minimum absolute atomic E-state index is 0.690. The smallest absolute Gasteiger partial charge is 0.420 e. The van der Waals surface area contributed by atoms with Crippen molar-refractivity contribution in [2.24, 2.45) is 0 Å². The second-order valence-electron chi connectivity index (χ2n) is 2.75. The maximum Gasteiger partial charge on any atom is 0.633 e. The largest absolute Gasteiger partial charge is 0.633 e. The lowest BCUT2D eigenvalue weighted by molar-refractivity contribution is 0.0706. The molecule has 1 N–H and O–H groups in total. The molecule has 0 heterocycles. The van der Waals surface area contributed by atoms with Crippen LogP contribution in [-0.2, 0) is 9.30 Å². The zero-order chi connectivity index (χ0) is 8.36. The standard InChI is InChI=1S/C5H9O4P/c1-5(2,3)9-4(6)10(7)8/h1-3H3/p+1. The fraction of sp³-hybridized carbons (Fsp3) is 0.800. The Morgan fingerprint density at radius 1 is 1.50 bits per heavy atom. The van der Waals surface area contributed by atoms with E-state index in [9.17, 15) is 9.36 Å². The van der Waals surface area contributed by atoms with Crippen LogP contribution >= 0.6 is 8.03 Å². The van der Waals surface area contributed by atoms with E-state index in [2.05, 4.69) is 4.74 Å². The molecule has 0 aliphatic heterocycles. The van der Waals surface area contributed by atoms with Gasteiger partial charge in [0.25, 0.3) is 0 Å². The highest BCUT2D eigenvalue weighted by Gasteiger charge is 2.33. The predicted molar refractivity (Wildman–Crippen MR) is 36.1 cm³/mol. The summed E-state index contributed by atoms with van der Waals surface area (Å²) in [6, 6.07) is 0. The van der Waals surface area contributed by atoms with Crippen molar-refractivity contribution in [2.45, 2.75) is 26.4 Å². The average molecular weight is 165 g/mol. The summed E-state index contributed by atoms with van der Waals surface area (Å²) in [5.74, 6) is 0. The van der Waals surface area contributed by atoms with Crippen LogP contribution in [0.2, 0.25) is 0 Å². The highest BCUT2D eigenvalue weighted by Crippen LogP contribution is 2.21.